The molecule has 1 heterocycles. The van der Waals surface area contributed by atoms with Crippen molar-refractivity contribution < 1.29 is 13.9 Å². The van der Waals surface area contributed by atoms with Gasteiger partial charge in [-0.15, -0.1) is 0 Å². The normalized spacial score (nSPS) is 26.9. The van der Waals surface area contributed by atoms with E-state index in [-0.39, 0.29) is 11.4 Å². The molecule has 0 saturated heterocycles. The number of rotatable bonds is 3. The van der Waals surface area contributed by atoms with Crippen LogP contribution in [0.2, 0.25) is 0 Å². The van der Waals surface area contributed by atoms with Crippen molar-refractivity contribution in [1.82, 2.24) is 0 Å². The molecule has 2 aromatic rings. The molecule has 2 nitrogen and oxygen atoms in total. The number of aliphatic hydroxyl groups is 1. The number of furan rings is 1. The summed E-state index contributed by atoms with van der Waals surface area (Å²) >= 11 is 0. The van der Waals surface area contributed by atoms with Gasteiger partial charge in [0.25, 0.3) is 0 Å². The van der Waals surface area contributed by atoms with E-state index in [4.69, 9.17) is 4.42 Å². The van der Waals surface area contributed by atoms with Crippen LogP contribution in [0.4, 0.5) is 4.39 Å². The van der Waals surface area contributed by atoms with E-state index in [0.717, 1.165) is 18.2 Å². The second-order valence-electron chi connectivity index (χ2n) is 6.39. The van der Waals surface area contributed by atoms with Gasteiger partial charge in [-0.25, -0.2) is 4.39 Å². The summed E-state index contributed by atoms with van der Waals surface area (Å²) in [6.07, 6.45) is 7.02. The van der Waals surface area contributed by atoms with Crippen molar-refractivity contribution in [2.45, 2.75) is 57.5 Å². The van der Waals surface area contributed by atoms with E-state index in [2.05, 4.69) is 6.92 Å². The summed E-state index contributed by atoms with van der Waals surface area (Å²) in [4.78, 5) is 0. The molecule has 0 aliphatic heterocycles. The zero-order valence-electron chi connectivity index (χ0n) is 12.6. The van der Waals surface area contributed by atoms with Crippen molar-refractivity contribution in [3.8, 4) is 0 Å². The number of halogens is 1. The fourth-order valence-electron chi connectivity index (χ4n) is 3.60. The highest BCUT2D eigenvalue weighted by Gasteiger charge is 2.35. The lowest BCUT2D eigenvalue weighted by molar-refractivity contribution is -0.0000217. The van der Waals surface area contributed by atoms with Gasteiger partial charge in [-0.1, -0.05) is 38.3 Å². The molecular formula is C18H23FO2. The monoisotopic (exact) mass is 290 g/mol. The summed E-state index contributed by atoms with van der Waals surface area (Å²) in [5, 5.41) is 11.7. The number of hydrogen-bond donors (Lipinski definition) is 1. The van der Waals surface area contributed by atoms with Gasteiger partial charge in [-0.3, -0.25) is 0 Å². The summed E-state index contributed by atoms with van der Waals surface area (Å²) in [5.74, 6) is 0.865. The average Bonchev–Trinajstić information content (AvgIpc) is 2.83. The van der Waals surface area contributed by atoms with Crippen LogP contribution < -0.4 is 0 Å². The topological polar surface area (TPSA) is 33.4 Å². The molecule has 3 heteroatoms. The lowest BCUT2D eigenvalue weighted by atomic mass is 9.90. The maximum absolute atomic E-state index is 13.8. The molecule has 1 fully saturated rings. The second-order valence-corrected chi connectivity index (χ2v) is 6.39. The fraction of sp³-hybridized carbons (Fsp3) is 0.556. The zero-order chi connectivity index (χ0) is 14.9. The minimum absolute atomic E-state index is 0.260. The van der Waals surface area contributed by atoms with Gasteiger partial charge in [-0.2, -0.15) is 0 Å². The largest absolute Gasteiger partial charge is 0.455 e. The fourth-order valence-corrected chi connectivity index (χ4v) is 3.60. The molecule has 1 saturated carbocycles. The van der Waals surface area contributed by atoms with Crippen LogP contribution in [0.15, 0.2) is 28.7 Å². The third kappa shape index (κ3) is 2.84. The molecule has 2 unspecified atom stereocenters. The molecule has 1 aromatic carbocycles. The van der Waals surface area contributed by atoms with Crippen molar-refractivity contribution in [1.29, 1.82) is 0 Å². The Labute approximate surface area is 125 Å². The highest BCUT2D eigenvalue weighted by atomic mass is 19.1. The Bertz CT molecular complexity index is 619. The predicted octanol–water partition coefficient (Wildman–Crippen LogP) is 5.14. The number of benzene rings is 1. The number of hydrogen-bond acceptors (Lipinski definition) is 2. The Morgan fingerprint density at radius 2 is 2.19 bits per heavy atom. The van der Waals surface area contributed by atoms with E-state index in [0.29, 0.717) is 24.5 Å². The first-order chi connectivity index (χ1) is 10.1. The van der Waals surface area contributed by atoms with Gasteiger partial charge in [0.05, 0.1) is 0 Å². The Morgan fingerprint density at radius 1 is 1.33 bits per heavy atom. The van der Waals surface area contributed by atoms with Crippen LogP contribution in [0.25, 0.3) is 11.0 Å². The molecule has 114 valence electrons. The SMILES string of the molecule is CCCC1CCCC(O)(c2cc3cccc(F)c3o2)CC1. The van der Waals surface area contributed by atoms with Crippen molar-refractivity contribution in [3.63, 3.8) is 0 Å². The quantitative estimate of drug-likeness (QED) is 0.794. The van der Waals surface area contributed by atoms with Crippen molar-refractivity contribution in [2.24, 2.45) is 5.92 Å². The van der Waals surface area contributed by atoms with Gasteiger partial charge in [0, 0.05) is 5.39 Å². The maximum atomic E-state index is 13.8. The Kier molecular flexibility index (Phi) is 4.03. The molecule has 1 aromatic heterocycles. The van der Waals surface area contributed by atoms with Crippen LogP contribution in [0.3, 0.4) is 0 Å². The smallest absolute Gasteiger partial charge is 0.170 e. The minimum Gasteiger partial charge on any atom is -0.455 e. The van der Waals surface area contributed by atoms with E-state index >= 15 is 0 Å². The average molecular weight is 290 g/mol. The molecule has 1 N–H and O–H groups in total. The first kappa shape index (κ1) is 14.6. The predicted molar refractivity (Wildman–Crippen MR) is 81.6 cm³/mol. The molecule has 0 amide bonds. The third-order valence-electron chi connectivity index (χ3n) is 4.82. The zero-order valence-corrected chi connectivity index (χ0v) is 12.6. The van der Waals surface area contributed by atoms with Crippen molar-refractivity contribution in [3.05, 3.63) is 35.8 Å². The van der Waals surface area contributed by atoms with E-state index in [1.54, 1.807) is 12.1 Å². The third-order valence-corrected chi connectivity index (χ3v) is 4.82. The summed E-state index contributed by atoms with van der Waals surface area (Å²) in [7, 11) is 0. The van der Waals surface area contributed by atoms with Crippen LogP contribution in [-0.2, 0) is 5.60 Å². The van der Waals surface area contributed by atoms with Gasteiger partial charge in [-0.05, 0) is 43.7 Å². The highest BCUT2D eigenvalue weighted by molar-refractivity contribution is 5.78. The maximum Gasteiger partial charge on any atom is 0.170 e. The minimum atomic E-state index is -0.937. The van der Waals surface area contributed by atoms with Crippen LogP contribution in [-0.4, -0.2) is 5.11 Å². The standard InChI is InChI=1S/C18H23FO2/c1-2-5-13-6-4-10-18(20,11-9-13)16-12-14-7-3-8-15(19)17(14)21-16/h3,7-8,12-13,20H,2,4-6,9-11H2,1H3. The molecular weight excluding hydrogens is 267 g/mol. The molecule has 2 atom stereocenters. The molecule has 0 spiro atoms. The lowest BCUT2D eigenvalue weighted by Gasteiger charge is -2.24. The Morgan fingerprint density at radius 3 is 2.95 bits per heavy atom. The molecule has 0 bridgehead atoms. The number of fused-ring (bicyclic) bond motifs is 1. The van der Waals surface area contributed by atoms with Crippen LogP contribution in [0, 0.1) is 11.7 Å². The van der Waals surface area contributed by atoms with Gasteiger partial charge < -0.3 is 9.52 Å². The molecule has 3 rings (SSSR count). The summed E-state index contributed by atoms with van der Waals surface area (Å²) < 4.78 is 19.4. The summed E-state index contributed by atoms with van der Waals surface area (Å²) in [6, 6.07) is 6.69. The molecule has 0 radical (unpaired) electrons. The van der Waals surface area contributed by atoms with Crippen LogP contribution in [0.5, 0.6) is 0 Å². The van der Waals surface area contributed by atoms with E-state index in [1.165, 1.54) is 25.3 Å². The van der Waals surface area contributed by atoms with Crippen molar-refractivity contribution >= 4 is 11.0 Å². The van der Waals surface area contributed by atoms with Gasteiger partial charge in [0.15, 0.2) is 11.4 Å². The molecule has 1 aliphatic carbocycles. The first-order valence-corrected chi connectivity index (χ1v) is 8.03. The molecule has 21 heavy (non-hydrogen) atoms. The first-order valence-electron chi connectivity index (χ1n) is 8.03. The lowest BCUT2D eigenvalue weighted by Crippen LogP contribution is -2.24. The van der Waals surface area contributed by atoms with E-state index in [1.807, 2.05) is 6.07 Å². The van der Waals surface area contributed by atoms with Crippen LogP contribution >= 0.6 is 0 Å². The second kappa shape index (κ2) is 5.80. The van der Waals surface area contributed by atoms with Gasteiger partial charge in [0.2, 0.25) is 0 Å². The summed E-state index contributed by atoms with van der Waals surface area (Å²) in [5.41, 5.74) is -0.677. The van der Waals surface area contributed by atoms with E-state index in [9.17, 15) is 9.50 Å². The highest BCUT2D eigenvalue weighted by Crippen LogP contribution is 2.41. The number of para-hydroxylation sites is 1. The molecule has 1 aliphatic rings. The van der Waals surface area contributed by atoms with Gasteiger partial charge in [0.1, 0.15) is 11.4 Å². The van der Waals surface area contributed by atoms with Gasteiger partial charge >= 0.3 is 0 Å². The van der Waals surface area contributed by atoms with Crippen LogP contribution in [0.1, 0.15) is 57.6 Å². The van der Waals surface area contributed by atoms with E-state index < -0.39 is 5.60 Å². The summed E-state index contributed by atoms with van der Waals surface area (Å²) in [6.45, 7) is 2.21. The van der Waals surface area contributed by atoms with Crippen molar-refractivity contribution in [2.75, 3.05) is 0 Å². The Hall–Kier alpha value is -1.35. The Balaban J connectivity index is 1.88.